The zero-order valence-corrected chi connectivity index (χ0v) is 11.9. The fourth-order valence-electron chi connectivity index (χ4n) is 2.81. The normalized spacial score (nSPS) is 20.3. The molecule has 0 aliphatic carbocycles. The van der Waals surface area contributed by atoms with E-state index in [-0.39, 0.29) is 6.42 Å². The molecule has 1 N–H and O–H groups in total. The average molecular weight is 273 g/mol. The van der Waals surface area contributed by atoms with Gasteiger partial charge >= 0.3 is 5.97 Å². The van der Waals surface area contributed by atoms with Gasteiger partial charge in [-0.2, -0.15) is 0 Å². The topological polar surface area (TPSA) is 40.5 Å². The number of likely N-dealkylation sites (tertiary alicyclic amines) is 1. The van der Waals surface area contributed by atoms with Crippen molar-refractivity contribution in [2.24, 2.45) is 0 Å². The molecule has 0 aromatic heterocycles. The van der Waals surface area contributed by atoms with Gasteiger partial charge in [0.1, 0.15) is 0 Å². The molecule has 20 heavy (non-hydrogen) atoms. The summed E-state index contributed by atoms with van der Waals surface area (Å²) in [5, 5.41) is 8.82. The molecule has 3 nitrogen and oxygen atoms in total. The highest BCUT2D eigenvalue weighted by Gasteiger charge is 2.21. The van der Waals surface area contributed by atoms with E-state index in [9.17, 15) is 4.79 Å². The Morgan fingerprint density at radius 3 is 2.85 bits per heavy atom. The number of piperidine rings is 1. The number of carbonyl (C=O) groups is 1. The Balaban J connectivity index is 1.85. The molecule has 2 rings (SSSR count). The maximum atomic E-state index is 10.7. The van der Waals surface area contributed by atoms with Gasteiger partial charge in [0.05, 0.1) is 0 Å². The zero-order chi connectivity index (χ0) is 14.2. The lowest BCUT2D eigenvalue weighted by molar-refractivity contribution is -0.137. The molecule has 1 heterocycles. The first-order chi connectivity index (χ1) is 9.75. The van der Waals surface area contributed by atoms with Crippen molar-refractivity contribution < 1.29 is 9.90 Å². The maximum Gasteiger partial charge on any atom is 0.303 e. The number of hydrogen-bond acceptors (Lipinski definition) is 2. The third kappa shape index (κ3) is 4.82. The minimum absolute atomic E-state index is 0.281. The van der Waals surface area contributed by atoms with E-state index < -0.39 is 5.97 Å². The van der Waals surface area contributed by atoms with Crippen molar-refractivity contribution in [3.63, 3.8) is 0 Å². The molecule has 1 aromatic rings. The largest absolute Gasteiger partial charge is 0.481 e. The van der Waals surface area contributed by atoms with Gasteiger partial charge in [-0.3, -0.25) is 9.69 Å². The van der Waals surface area contributed by atoms with Gasteiger partial charge in [0.25, 0.3) is 0 Å². The summed E-state index contributed by atoms with van der Waals surface area (Å²) >= 11 is 0. The molecule has 0 spiro atoms. The van der Waals surface area contributed by atoms with Gasteiger partial charge in [-0.05, 0) is 31.4 Å². The highest BCUT2D eigenvalue weighted by atomic mass is 16.4. The van der Waals surface area contributed by atoms with E-state index in [1.165, 1.54) is 18.4 Å². The lowest BCUT2D eigenvalue weighted by atomic mass is 9.98. The van der Waals surface area contributed by atoms with Gasteiger partial charge in [-0.15, -0.1) is 0 Å². The molecule has 1 aliphatic rings. The number of benzene rings is 1. The van der Waals surface area contributed by atoms with Crippen molar-refractivity contribution in [2.75, 3.05) is 13.1 Å². The van der Waals surface area contributed by atoms with E-state index in [0.717, 1.165) is 25.9 Å². The zero-order valence-electron chi connectivity index (χ0n) is 11.9. The quantitative estimate of drug-likeness (QED) is 0.863. The fraction of sp³-hybridized carbons (Fsp3) is 0.471. The monoisotopic (exact) mass is 273 g/mol. The van der Waals surface area contributed by atoms with Crippen LogP contribution in [0.3, 0.4) is 0 Å². The predicted molar refractivity (Wildman–Crippen MR) is 81.6 cm³/mol. The second kappa shape index (κ2) is 7.85. The molecular weight excluding hydrogens is 250 g/mol. The SMILES string of the molecule is O=C(O)CCC1CCCCN1CC=Cc1ccccc1. The molecule has 0 amide bonds. The van der Waals surface area contributed by atoms with Crippen LogP contribution < -0.4 is 0 Å². The van der Waals surface area contributed by atoms with Crippen LogP contribution in [0.2, 0.25) is 0 Å². The smallest absolute Gasteiger partial charge is 0.303 e. The summed E-state index contributed by atoms with van der Waals surface area (Å²) in [5.74, 6) is -0.685. The van der Waals surface area contributed by atoms with Crippen molar-refractivity contribution in [3.8, 4) is 0 Å². The van der Waals surface area contributed by atoms with Gasteiger partial charge in [0.2, 0.25) is 0 Å². The van der Waals surface area contributed by atoms with E-state index in [1.807, 2.05) is 18.2 Å². The lowest BCUT2D eigenvalue weighted by Gasteiger charge is -2.34. The standard InChI is InChI=1S/C17H23NO2/c19-17(20)12-11-16-10-4-5-13-18(16)14-6-9-15-7-2-1-3-8-15/h1-3,6-9,16H,4-5,10-14H2,(H,19,20). The first-order valence-corrected chi connectivity index (χ1v) is 7.43. The van der Waals surface area contributed by atoms with Crippen molar-refractivity contribution in [1.29, 1.82) is 0 Å². The Hall–Kier alpha value is -1.61. The molecule has 0 bridgehead atoms. The van der Waals surface area contributed by atoms with Gasteiger partial charge in [0, 0.05) is 19.0 Å². The number of carboxylic acids is 1. The second-order valence-electron chi connectivity index (χ2n) is 5.39. The Morgan fingerprint density at radius 2 is 2.10 bits per heavy atom. The minimum Gasteiger partial charge on any atom is -0.481 e. The van der Waals surface area contributed by atoms with Crippen molar-refractivity contribution in [3.05, 3.63) is 42.0 Å². The summed E-state index contributed by atoms with van der Waals surface area (Å²) in [5.41, 5.74) is 1.21. The van der Waals surface area contributed by atoms with Crippen LogP contribution in [0.15, 0.2) is 36.4 Å². The van der Waals surface area contributed by atoms with Gasteiger partial charge < -0.3 is 5.11 Å². The van der Waals surface area contributed by atoms with Crippen molar-refractivity contribution >= 4 is 12.0 Å². The van der Waals surface area contributed by atoms with E-state index in [4.69, 9.17) is 5.11 Å². The molecule has 1 saturated heterocycles. The number of rotatable bonds is 6. The summed E-state index contributed by atoms with van der Waals surface area (Å²) in [4.78, 5) is 13.1. The number of hydrogen-bond donors (Lipinski definition) is 1. The molecule has 1 fully saturated rings. The first-order valence-electron chi connectivity index (χ1n) is 7.43. The Labute approximate surface area is 120 Å². The second-order valence-corrected chi connectivity index (χ2v) is 5.39. The summed E-state index contributed by atoms with van der Waals surface area (Å²) in [7, 11) is 0. The highest BCUT2D eigenvalue weighted by molar-refractivity contribution is 5.66. The van der Waals surface area contributed by atoms with Crippen LogP contribution >= 0.6 is 0 Å². The lowest BCUT2D eigenvalue weighted by Crippen LogP contribution is -2.39. The molecule has 0 saturated carbocycles. The Kier molecular flexibility index (Phi) is 5.81. The van der Waals surface area contributed by atoms with Crippen LogP contribution in [0, 0.1) is 0 Å². The summed E-state index contributed by atoms with van der Waals surface area (Å²) in [6.07, 6.45) is 8.97. The van der Waals surface area contributed by atoms with Gasteiger partial charge in [0.15, 0.2) is 0 Å². The van der Waals surface area contributed by atoms with E-state index in [1.54, 1.807) is 0 Å². The van der Waals surface area contributed by atoms with Crippen LogP contribution in [0.5, 0.6) is 0 Å². The van der Waals surface area contributed by atoms with E-state index >= 15 is 0 Å². The van der Waals surface area contributed by atoms with Gasteiger partial charge in [-0.1, -0.05) is 48.9 Å². The van der Waals surface area contributed by atoms with E-state index in [2.05, 4.69) is 29.2 Å². The highest BCUT2D eigenvalue weighted by Crippen LogP contribution is 2.20. The molecule has 1 atom stereocenters. The van der Waals surface area contributed by atoms with Crippen LogP contribution in [0.4, 0.5) is 0 Å². The maximum absolute atomic E-state index is 10.7. The third-order valence-electron chi connectivity index (χ3n) is 3.89. The minimum atomic E-state index is -0.685. The van der Waals surface area contributed by atoms with Gasteiger partial charge in [-0.25, -0.2) is 0 Å². The van der Waals surface area contributed by atoms with Crippen molar-refractivity contribution in [2.45, 2.75) is 38.1 Å². The average Bonchev–Trinajstić information content (AvgIpc) is 2.47. The molecular formula is C17H23NO2. The van der Waals surface area contributed by atoms with Crippen LogP contribution in [-0.4, -0.2) is 35.1 Å². The Morgan fingerprint density at radius 1 is 1.30 bits per heavy atom. The van der Waals surface area contributed by atoms with Crippen LogP contribution in [-0.2, 0) is 4.79 Å². The summed E-state index contributed by atoms with van der Waals surface area (Å²) < 4.78 is 0. The van der Waals surface area contributed by atoms with Crippen LogP contribution in [0.25, 0.3) is 6.08 Å². The van der Waals surface area contributed by atoms with Crippen molar-refractivity contribution in [1.82, 2.24) is 4.90 Å². The molecule has 0 radical (unpaired) electrons. The Bertz CT molecular complexity index is 442. The summed E-state index contributed by atoms with van der Waals surface area (Å²) in [6.45, 7) is 2.00. The third-order valence-corrected chi connectivity index (χ3v) is 3.89. The molecule has 3 heteroatoms. The number of aliphatic carboxylic acids is 1. The van der Waals surface area contributed by atoms with E-state index in [0.29, 0.717) is 6.04 Å². The molecule has 1 unspecified atom stereocenters. The number of nitrogens with zero attached hydrogens (tertiary/aromatic N) is 1. The molecule has 108 valence electrons. The summed E-state index contributed by atoms with van der Waals surface area (Å²) in [6, 6.07) is 10.7. The molecule has 1 aromatic carbocycles. The first kappa shape index (κ1) is 14.8. The van der Waals surface area contributed by atoms with Crippen LogP contribution in [0.1, 0.15) is 37.7 Å². The molecule has 1 aliphatic heterocycles. The fourth-order valence-corrected chi connectivity index (χ4v) is 2.81. The number of carboxylic acid groups (broad SMARTS) is 1. The predicted octanol–water partition coefficient (Wildman–Crippen LogP) is 3.42.